The van der Waals surface area contributed by atoms with E-state index in [4.69, 9.17) is 9.84 Å². The molecule has 3 N–H and O–H groups in total. The summed E-state index contributed by atoms with van der Waals surface area (Å²) in [5.41, 5.74) is -0.00515. The Labute approximate surface area is 119 Å². The number of benzene rings is 2. The van der Waals surface area contributed by atoms with Crippen molar-refractivity contribution in [3.63, 3.8) is 0 Å². The molecule has 0 saturated carbocycles. The van der Waals surface area contributed by atoms with Crippen LogP contribution in [-0.2, 0) is 0 Å². The average molecular weight is 288 g/mol. The van der Waals surface area contributed by atoms with Gasteiger partial charge in [0.05, 0.1) is 18.4 Å². The van der Waals surface area contributed by atoms with Crippen molar-refractivity contribution in [2.45, 2.75) is 0 Å². The molecule has 7 nitrogen and oxygen atoms in total. The van der Waals surface area contributed by atoms with Crippen LogP contribution in [0.3, 0.4) is 0 Å². The van der Waals surface area contributed by atoms with Crippen LogP contribution in [0, 0.1) is 0 Å². The predicted molar refractivity (Wildman–Crippen MR) is 73.9 cm³/mol. The number of phenols is 2. The molecule has 2 rings (SSSR count). The number of methoxy groups -OCH3 is 1. The van der Waals surface area contributed by atoms with Crippen molar-refractivity contribution >= 4 is 17.3 Å². The van der Waals surface area contributed by atoms with Gasteiger partial charge in [-0.2, -0.15) is 5.11 Å². The highest BCUT2D eigenvalue weighted by Gasteiger charge is 2.22. The number of azo groups is 1. The second-order valence-corrected chi connectivity index (χ2v) is 4.01. The molecule has 0 aliphatic heterocycles. The fraction of sp³-hybridized carbons (Fsp3) is 0.0714. The predicted octanol–water partition coefficient (Wildman–Crippen LogP) is 3.22. The van der Waals surface area contributed by atoms with Crippen LogP contribution in [-0.4, -0.2) is 28.4 Å². The molecule has 0 spiro atoms. The van der Waals surface area contributed by atoms with Gasteiger partial charge in [0.2, 0.25) is 5.75 Å². The van der Waals surface area contributed by atoms with E-state index in [0.29, 0.717) is 5.69 Å². The molecule has 108 valence electrons. The first-order valence-corrected chi connectivity index (χ1v) is 5.87. The first-order chi connectivity index (χ1) is 10.0. The van der Waals surface area contributed by atoms with Crippen molar-refractivity contribution in [1.29, 1.82) is 0 Å². The Kier molecular flexibility index (Phi) is 4.03. The maximum Gasteiger partial charge on any atom is 0.338 e. The van der Waals surface area contributed by atoms with Crippen molar-refractivity contribution in [3.05, 3.63) is 42.0 Å². The summed E-state index contributed by atoms with van der Waals surface area (Å²) in [6, 6.07) is 9.54. The molecule has 0 saturated heterocycles. The van der Waals surface area contributed by atoms with Gasteiger partial charge >= 0.3 is 5.97 Å². The second-order valence-electron chi connectivity index (χ2n) is 4.01. The standard InChI is InChI=1S/C14H12N2O5/c1-21-13-11(16-15-8-5-3-2-4-6-8)9(14(19)20)7-10(17)12(13)18/h2-7,17-18H,1H3,(H,19,20)/b16-15+. The third-order valence-corrected chi connectivity index (χ3v) is 2.67. The minimum absolute atomic E-state index is 0.177. The Morgan fingerprint density at radius 3 is 2.38 bits per heavy atom. The topological polar surface area (TPSA) is 112 Å². The Balaban J connectivity index is 2.58. The summed E-state index contributed by atoms with van der Waals surface area (Å²) in [5.74, 6) is -2.79. The fourth-order valence-corrected chi connectivity index (χ4v) is 1.68. The van der Waals surface area contributed by atoms with Gasteiger partial charge in [0.15, 0.2) is 11.5 Å². The van der Waals surface area contributed by atoms with Gasteiger partial charge in [0.1, 0.15) is 5.69 Å². The van der Waals surface area contributed by atoms with E-state index >= 15 is 0 Å². The quantitative estimate of drug-likeness (QED) is 0.590. The van der Waals surface area contributed by atoms with Crippen LogP contribution in [0.1, 0.15) is 10.4 Å². The lowest BCUT2D eigenvalue weighted by Gasteiger charge is -2.10. The normalized spacial score (nSPS) is 10.7. The Morgan fingerprint density at radius 1 is 1.14 bits per heavy atom. The number of nitrogens with zero attached hydrogens (tertiary/aromatic N) is 2. The molecular formula is C14H12N2O5. The van der Waals surface area contributed by atoms with Crippen LogP contribution < -0.4 is 4.74 Å². The minimum Gasteiger partial charge on any atom is -0.504 e. The molecule has 0 aliphatic carbocycles. The van der Waals surface area contributed by atoms with Gasteiger partial charge in [0, 0.05) is 6.07 Å². The van der Waals surface area contributed by atoms with E-state index in [2.05, 4.69) is 10.2 Å². The molecule has 21 heavy (non-hydrogen) atoms. The van der Waals surface area contributed by atoms with Crippen LogP contribution in [0.15, 0.2) is 46.6 Å². The number of rotatable bonds is 4. The van der Waals surface area contributed by atoms with Crippen LogP contribution in [0.2, 0.25) is 0 Å². The zero-order chi connectivity index (χ0) is 15.4. The molecule has 0 radical (unpaired) electrons. The molecule has 2 aromatic carbocycles. The molecule has 0 amide bonds. The van der Waals surface area contributed by atoms with Crippen LogP contribution >= 0.6 is 0 Å². The minimum atomic E-state index is -1.33. The molecule has 0 heterocycles. The molecule has 0 fully saturated rings. The number of carboxylic acid groups (broad SMARTS) is 1. The third-order valence-electron chi connectivity index (χ3n) is 2.67. The third kappa shape index (κ3) is 2.92. The summed E-state index contributed by atoms with van der Waals surface area (Å²) in [7, 11) is 1.22. The second kappa shape index (κ2) is 5.91. The summed E-state index contributed by atoms with van der Waals surface area (Å²) in [4.78, 5) is 11.2. The van der Waals surface area contributed by atoms with Crippen LogP contribution in [0.4, 0.5) is 11.4 Å². The van der Waals surface area contributed by atoms with Gasteiger partial charge in [0.25, 0.3) is 0 Å². The monoisotopic (exact) mass is 288 g/mol. The van der Waals surface area contributed by atoms with Gasteiger partial charge in [-0.05, 0) is 12.1 Å². The summed E-state index contributed by atoms with van der Waals surface area (Å²) in [5, 5.41) is 36.1. The number of hydrogen-bond donors (Lipinski definition) is 3. The van der Waals surface area contributed by atoms with E-state index in [1.54, 1.807) is 30.3 Å². The van der Waals surface area contributed by atoms with E-state index in [1.165, 1.54) is 7.11 Å². The molecule has 7 heteroatoms. The van der Waals surface area contributed by atoms with Gasteiger partial charge in [-0.15, -0.1) is 5.11 Å². The van der Waals surface area contributed by atoms with Crippen LogP contribution in [0.5, 0.6) is 17.2 Å². The highest BCUT2D eigenvalue weighted by atomic mass is 16.5. The highest BCUT2D eigenvalue weighted by molar-refractivity contribution is 5.96. The van der Waals surface area contributed by atoms with Crippen molar-refractivity contribution in [1.82, 2.24) is 0 Å². The fourth-order valence-electron chi connectivity index (χ4n) is 1.68. The highest BCUT2D eigenvalue weighted by Crippen LogP contribution is 2.45. The number of carbonyl (C=O) groups is 1. The molecular weight excluding hydrogens is 276 g/mol. The van der Waals surface area contributed by atoms with Gasteiger partial charge < -0.3 is 20.1 Å². The number of aromatic carboxylic acids is 1. The number of aromatic hydroxyl groups is 2. The van der Waals surface area contributed by atoms with Gasteiger partial charge in [-0.1, -0.05) is 18.2 Å². The molecule has 0 aromatic heterocycles. The maximum atomic E-state index is 11.2. The summed E-state index contributed by atoms with van der Waals surface area (Å²) in [6.07, 6.45) is 0. The van der Waals surface area contributed by atoms with E-state index < -0.39 is 17.5 Å². The number of phenolic OH excluding ortho intramolecular Hbond substituents is 2. The van der Waals surface area contributed by atoms with E-state index in [1.807, 2.05) is 0 Å². The van der Waals surface area contributed by atoms with Crippen molar-refractivity contribution in [2.75, 3.05) is 7.11 Å². The van der Waals surface area contributed by atoms with E-state index in [0.717, 1.165) is 6.07 Å². The zero-order valence-electron chi connectivity index (χ0n) is 11.0. The lowest BCUT2D eigenvalue weighted by atomic mass is 10.1. The summed E-state index contributed by atoms with van der Waals surface area (Å²) in [6.45, 7) is 0. The first kappa shape index (κ1) is 14.3. The smallest absolute Gasteiger partial charge is 0.338 e. The SMILES string of the molecule is COc1c(O)c(O)cc(C(=O)O)c1/N=N/c1ccccc1. The largest absolute Gasteiger partial charge is 0.504 e. The average Bonchev–Trinajstić information content (AvgIpc) is 2.48. The van der Waals surface area contributed by atoms with E-state index in [-0.39, 0.29) is 17.0 Å². The molecule has 0 aliphatic rings. The molecule has 0 atom stereocenters. The van der Waals surface area contributed by atoms with Crippen molar-refractivity contribution in [2.24, 2.45) is 10.2 Å². The van der Waals surface area contributed by atoms with Crippen LogP contribution in [0.25, 0.3) is 0 Å². The Bertz CT molecular complexity index is 698. The Morgan fingerprint density at radius 2 is 1.81 bits per heavy atom. The molecule has 0 bridgehead atoms. The van der Waals surface area contributed by atoms with Gasteiger partial charge in [-0.25, -0.2) is 4.79 Å². The molecule has 0 unspecified atom stereocenters. The first-order valence-electron chi connectivity index (χ1n) is 5.87. The Hall–Kier alpha value is -3.09. The number of hydrogen-bond acceptors (Lipinski definition) is 6. The summed E-state index contributed by atoms with van der Waals surface area (Å²) < 4.78 is 4.91. The van der Waals surface area contributed by atoms with Gasteiger partial charge in [-0.3, -0.25) is 0 Å². The molecule has 2 aromatic rings. The van der Waals surface area contributed by atoms with Crippen molar-refractivity contribution in [3.8, 4) is 17.2 Å². The lowest BCUT2D eigenvalue weighted by Crippen LogP contribution is -1.98. The number of carboxylic acids is 1. The van der Waals surface area contributed by atoms with E-state index in [9.17, 15) is 15.0 Å². The summed E-state index contributed by atoms with van der Waals surface area (Å²) >= 11 is 0. The zero-order valence-corrected chi connectivity index (χ0v) is 11.0. The van der Waals surface area contributed by atoms with Crippen molar-refractivity contribution < 1.29 is 24.9 Å². The number of ether oxygens (including phenoxy) is 1. The maximum absolute atomic E-state index is 11.2. The lowest BCUT2D eigenvalue weighted by molar-refractivity contribution is 0.0697.